The van der Waals surface area contributed by atoms with Gasteiger partial charge in [0, 0.05) is 19.9 Å². The number of benzene rings is 2. The highest BCUT2D eigenvalue weighted by atomic mass is 32.2. The second kappa shape index (κ2) is 13.0. The molecule has 0 aromatic heterocycles. The van der Waals surface area contributed by atoms with Crippen LogP contribution in [0.15, 0.2) is 47.4 Å². The minimum atomic E-state index is -3.58. The Balaban J connectivity index is 0.000000852. The maximum atomic E-state index is 13.1. The van der Waals surface area contributed by atoms with Gasteiger partial charge in [0.1, 0.15) is 11.9 Å². The van der Waals surface area contributed by atoms with Crippen molar-refractivity contribution in [3.05, 3.63) is 53.8 Å². The van der Waals surface area contributed by atoms with Crippen LogP contribution in [0.1, 0.15) is 39.7 Å². The summed E-state index contributed by atoms with van der Waals surface area (Å²) in [4.78, 5) is 23.1. The van der Waals surface area contributed by atoms with E-state index in [9.17, 15) is 22.4 Å². The minimum Gasteiger partial charge on any atom is -0.379 e. The summed E-state index contributed by atoms with van der Waals surface area (Å²) in [6, 6.07) is 9.52. The van der Waals surface area contributed by atoms with Gasteiger partial charge in [-0.2, -0.15) is 0 Å². The number of carbonyl (C=O) groups is 2. The number of rotatable bonds is 9. The molecule has 34 heavy (non-hydrogen) atoms. The first-order valence-electron chi connectivity index (χ1n) is 10.7. The summed E-state index contributed by atoms with van der Waals surface area (Å²) in [5, 5.41) is 8.08. The Labute approximate surface area is 201 Å². The van der Waals surface area contributed by atoms with Gasteiger partial charge in [-0.3, -0.25) is 9.59 Å². The molecule has 2 aromatic rings. The number of hydrogen-bond donors (Lipinski definition) is 3. The van der Waals surface area contributed by atoms with E-state index in [0.29, 0.717) is 12.8 Å². The quantitative estimate of drug-likeness (QED) is 0.457. The number of hydrogen-bond acceptors (Lipinski definition) is 6. The molecular formula is C24H34FN3O5S. The molecule has 3 N–H and O–H groups in total. The first-order valence-corrected chi connectivity index (χ1v) is 12.6. The lowest BCUT2D eigenvalue weighted by molar-refractivity contribution is -0.121. The van der Waals surface area contributed by atoms with Crippen LogP contribution < -0.4 is 16.0 Å². The van der Waals surface area contributed by atoms with Gasteiger partial charge in [-0.15, -0.1) is 0 Å². The van der Waals surface area contributed by atoms with Crippen LogP contribution in [-0.4, -0.2) is 45.7 Å². The largest absolute Gasteiger partial charge is 0.379 e. The zero-order valence-corrected chi connectivity index (χ0v) is 21.3. The molecule has 10 heteroatoms. The fourth-order valence-electron chi connectivity index (χ4n) is 2.60. The molecule has 0 bridgehead atoms. The Morgan fingerprint density at radius 3 is 2.21 bits per heavy atom. The van der Waals surface area contributed by atoms with Gasteiger partial charge < -0.3 is 20.7 Å². The fraction of sp³-hybridized carbons (Fsp3) is 0.417. The summed E-state index contributed by atoms with van der Waals surface area (Å²) in [7, 11) is -1.88. The van der Waals surface area contributed by atoms with Crippen LogP contribution in [0.5, 0.6) is 0 Å². The van der Waals surface area contributed by atoms with E-state index in [-0.39, 0.29) is 34.2 Å². The fourth-order valence-corrected chi connectivity index (χ4v) is 3.48. The Kier molecular flexibility index (Phi) is 11.1. The molecule has 0 spiro atoms. The lowest BCUT2D eigenvalue weighted by Crippen LogP contribution is -2.39. The highest BCUT2D eigenvalue weighted by Gasteiger charge is 2.21. The molecule has 0 radical (unpaired) electrons. The molecule has 0 aliphatic heterocycles. The second-order valence-electron chi connectivity index (χ2n) is 8.48. The minimum absolute atomic E-state index is 0.0174. The number of nitrogens with one attached hydrogen (secondary N) is 3. The summed E-state index contributed by atoms with van der Waals surface area (Å²) >= 11 is 0. The van der Waals surface area contributed by atoms with Crippen molar-refractivity contribution in [1.82, 2.24) is 5.32 Å². The molecule has 1 unspecified atom stereocenters. The maximum absolute atomic E-state index is 13.1. The number of methoxy groups -OCH3 is 1. The second-order valence-corrected chi connectivity index (χ2v) is 10.5. The molecule has 0 aliphatic carbocycles. The van der Waals surface area contributed by atoms with Crippen molar-refractivity contribution in [3.8, 4) is 0 Å². The average Bonchev–Trinajstić information content (AvgIpc) is 2.76. The molecule has 2 rings (SSSR count). The normalized spacial score (nSPS) is 12.1. The van der Waals surface area contributed by atoms with E-state index in [1.165, 1.54) is 24.3 Å². The Morgan fingerprint density at radius 1 is 1.15 bits per heavy atom. The van der Waals surface area contributed by atoms with Crippen molar-refractivity contribution >= 4 is 33.5 Å². The van der Waals surface area contributed by atoms with Crippen LogP contribution in [0.4, 0.5) is 15.8 Å². The van der Waals surface area contributed by atoms with Crippen molar-refractivity contribution in [3.63, 3.8) is 0 Å². The molecule has 0 saturated heterocycles. The third kappa shape index (κ3) is 9.88. The smallest absolute Gasteiger partial charge is 0.246 e. The first kappa shape index (κ1) is 29.1. The van der Waals surface area contributed by atoms with Crippen molar-refractivity contribution in [2.45, 2.75) is 57.2 Å². The number of para-hydroxylation sites is 1. The van der Waals surface area contributed by atoms with E-state index >= 15 is 0 Å². The molecule has 0 aliphatic rings. The highest BCUT2D eigenvalue weighted by Crippen LogP contribution is 2.30. The van der Waals surface area contributed by atoms with E-state index in [0.717, 1.165) is 11.8 Å². The Hall–Kier alpha value is -2.98. The number of anilines is 2. The number of ether oxygens (including phenoxy) is 1. The molecule has 8 nitrogen and oxygen atoms in total. The monoisotopic (exact) mass is 495 g/mol. The van der Waals surface area contributed by atoms with Gasteiger partial charge in [0.2, 0.25) is 12.3 Å². The predicted octanol–water partition coefficient (Wildman–Crippen LogP) is 3.74. The van der Waals surface area contributed by atoms with Crippen molar-refractivity contribution in [1.29, 1.82) is 0 Å². The number of amides is 2. The van der Waals surface area contributed by atoms with E-state index < -0.39 is 21.8 Å². The number of halogens is 1. The van der Waals surface area contributed by atoms with E-state index in [2.05, 4.69) is 16.0 Å². The lowest BCUT2D eigenvalue weighted by atomic mass is 10.2. The third-order valence-corrected chi connectivity index (χ3v) is 5.81. The standard InChI is InChI=1S/C19H22FN3O4S.C5H12O/c1-3-15(22-12-24)19(25)23-16-5-4-6-17(28(2,26)27)18(16)21-11-13-7-9-14(20)10-8-13;1-5(2,3)6-4/h4-10,12,15,21H,3,11H2,1-2H3,(H,22,24)(H,23,25);1-4H3. The summed E-state index contributed by atoms with van der Waals surface area (Å²) in [6.45, 7) is 8.02. The first-order chi connectivity index (χ1) is 15.8. The van der Waals surface area contributed by atoms with Crippen molar-refractivity contribution in [2.24, 2.45) is 0 Å². The highest BCUT2D eigenvalue weighted by molar-refractivity contribution is 7.90. The topological polar surface area (TPSA) is 114 Å². The summed E-state index contributed by atoms with van der Waals surface area (Å²) in [6.07, 6.45) is 1.88. The number of carbonyl (C=O) groups excluding carboxylic acids is 2. The van der Waals surface area contributed by atoms with Gasteiger partial charge in [-0.05, 0) is 57.0 Å². The van der Waals surface area contributed by atoms with Crippen LogP contribution in [0.25, 0.3) is 0 Å². The van der Waals surface area contributed by atoms with Gasteiger partial charge in [-0.25, -0.2) is 12.8 Å². The molecule has 2 aromatic carbocycles. The van der Waals surface area contributed by atoms with Crippen molar-refractivity contribution < 1.29 is 27.1 Å². The van der Waals surface area contributed by atoms with Crippen LogP contribution in [0, 0.1) is 5.82 Å². The zero-order chi connectivity index (χ0) is 25.9. The number of sulfone groups is 1. The Bertz CT molecular complexity index is 1050. The van der Waals surface area contributed by atoms with E-state index in [1.807, 2.05) is 20.8 Å². The van der Waals surface area contributed by atoms with Crippen LogP contribution >= 0.6 is 0 Å². The van der Waals surface area contributed by atoms with E-state index in [4.69, 9.17) is 4.74 Å². The van der Waals surface area contributed by atoms with E-state index in [1.54, 1.807) is 32.2 Å². The Morgan fingerprint density at radius 2 is 1.74 bits per heavy atom. The van der Waals surface area contributed by atoms with Crippen LogP contribution in [0.3, 0.4) is 0 Å². The average molecular weight is 496 g/mol. The molecule has 188 valence electrons. The third-order valence-electron chi connectivity index (χ3n) is 4.67. The molecule has 0 fully saturated rings. The van der Waals surface area contributed by atoms with Crippen LogP contribution in [-0.2, 0) is 30.7 Å². The van der Waals surface area contributed by atoms with Gasteiger partial charge in [0.05, 0.1) is 21.9 Å². The predicted molar refractivity (Wildman–Crippen MR) is 132 cm³/mol. The van der Waals surface area contributed by atoms with Gasteiger partial charge in [-0.1, -0.05) is 25.1 Å². The SMILES string of the molecule is CCC(NC=O)C(=O)Nc1cccc(S(C)(=O)=O)c1NCc1ccc(F)cc1.COC(C)(C)C. The zero-order valence-electron chi connectivity index (χ0n) is 20.4. The van der Waals surface area contributed by atoms with Gasteiger partial charge in [0.15, 0.2) is 9.84 Å². The molecule has 2 amide bonds. The summed E-state index contributed by atoms with van der Waals surface area (Å²) in [5.74, 6) is -0.841. The molecule has 1 atom stereocenters. The molecule has 0 heterocycles. The van der Waals surface area contributed by atoms with Gasteiger partial charge >= 0.3 is 0 Å². The summed E-state index contributed by atoms with van der Waals surface area (Å²) < 4.78 is 42.4. The van der Waals surface area contributed by atoms with Crippen LogP contribution in [0.2, 0.25) is 0 Å². The molecule has 0 saturated carbocycles. The van der Waals surface area contributed by atoms with Crippen molar-refractivity contribution in [2.75, 3.05) is 24.0 Å². The molecular weight excluding hydrogens is 461 g/mol. The maximum Gasteiger partial charge on any atom is 0.246 e. The lowest BCUT2D eigenvalue weighted by Gasteiger charge is -2.19. The summed E-state index contributed by atoms with van der Waals surface area (Å²) in [5.41, 5.74) is 1.26. The van der Waals surface area contributed by atoms with Gasteiger partial charge in [0.25, 0.3) is 0 Å².